The number of amides is 1. The van der Waals surface area contributed by atoms with Gasteiger partial charge in [-0.15, -0.1) is 0 Å². The van der Waals surface area contributed by atoms with Gasteiger partial charge >= 0.3 is 5.97 Å². The third kappa shape index (κ3) is 9.74. The molecule has 232 valence electrons. The van der Waals surface area contributed by atoms with E-state index in [2.05, 4.69) is 17.1 Å². The van der Waals surface area contributed by atoms with Gasteiger partial charge in [-0.05, 0) is 42.7 Å². The molecule has 0 saturated heterocycles. The highest BCUT2D eigenvalue weighted by atomic mass is 32.2. The summed E-state index contributed by atoms with van der Waals surface area (Å²) in [7, 11) is -1.75. The molecule has 43 heavy (non-hydrogen) atoms. The molecule has 2 N–H and O–H groups in total. The molecule has 0 bridgehead atoms. The lowest BCUT2D eigenvalue weighted by molar-refractivity contribution is -0.142. The minimum atomic E-state index is -3.25. The number of carbonyl (C=O) groups is 2. The van der Waals surface area contributed by atoms with Crippen LogP contribution in [0.25, 0.3) is 0 Å². The zero-order chi connectivity index (χ0) is 31.5. The smallest absolute Gasteiger partial charge is 0.330 e. The molecule has 0 aliphatic heterocycles. The van der Waals surface area contributed by atoms with Gasteiger partial charge in [0.1, 0.15) is 9.84 Å². The standard InChI is InChI=1S/C33H42N2O7S/c1-5-7-20-33(6-2,24-43(4,39)40)23-35(26-16-12-9-13-17-26)27-18-19-28(29(21-27)41-3)42-22-30(36)34-31(32(37)38)25-14-10-8-11-15-25/h8-19,21,31H,5-7,20,22-24H2,1-4H3,(H,34,36)(H,37,38). The highest BCUT2D eigenvalue weighted by Crippen LogP contribution is 2.39. The summed E-state index contributed by atoms with van der Waals surface area (Å²) >= 11 is 0. The van der Waals surface area contributed by atoms with E-state index in [1.165, 1.54) is 13.4 Å². The number of sulfone groups is 1. The number of hydrogen-bond acceptors (Lipinski definition) is 7. The van der Waals surface area contributed by atoms with E-state index in [0.717, 1.165) is 30.6 Å². The van der Waals surface area contributed by atoms with Crippen molar-refractivity contribution in [1.29, 1.82) is 0 Å². The summed E-state index contributed by atoms with van der Waals surface area (Å²) in [6.45, 7) is 4.20. The van der Waals surface area contributed by atoms with Gasteiger partial charge in [0.05, 0.1) is 12.9 Å². The number of hydrogen-bond donors (Lipinski definition) is 2. The Morgan fingerprint density at radius 3 is 2.16 bits per heavy atom. The maximum atomic E-state index is 12.7. The SMILES string of the molecule is CCCCC(CC)(CN(c1ccccc1)c1ccc(OCC(=O)NC(C(=O)O)c2ccccc2)c(OC)c1)CS(C)(=O)=O. The highest BCUT2D eigenvalue weighted by Gasteiger charge is 2.35. The van der Waals surface area contributed by atoms with Gasteiger partial charge < -0.3 is 24.8 Å². The quantitative estimate of drug-likeness (QED) is 0.197. The van der Waals surface area contributed by atoms with Gasteiger partial charge in [0.15, 0.2) is 24.1 Å². The van der Waals surface area contributed by atoms with E-state index in [1.54, 1.807) is 42.5 Å². The van der Waals surface area contributed by atoms with Crippen molar-refractivity contribution in [3.8, 4) is 11.5 Å². The molecule has 0 aromatic heterocycles. The molecule has 0 saturated carbocycles. The second kappa shape index (κ2) is 15.4. The van der Waals surface area contributed by atoms with E-state index in [-0.39, 0.29) is 5.75 Å². The summed E-state index contributed by atoms with van der Waals surface area (Å²) < 4.78 is 36.5. The summed E-state index contributed by atoms with van der Waals surface area (Å²) in [5, 5.41) is 12.1. The molecule has 10 heteroatoms. The summed E-state index contributed by atoms with van der Waals surface area (Å²) in [5.74, 6) is -1.01. The fourth-order valence-electron chi connectivity index (χ4n) is 5.19. The number of carboxylic acids is 1. The molecule has 0 aliphatic rings. The van der Waals surface area contributed by atoms with Gasteiger partial charge in [-0.2, -0.15) is 0 Å². The summed E-state index contributed by atoms with van der Waals surface area (Å²) in [6, 6.07) is 22.3. The molecule has 0 radical (unpaired) electrons. The highest BCUT2D eigenvalue weighted by molar-refractivity contribution is 7.90. The lowest BCUT2D eigenvalue weighted by Gasteiger charge is -2.39. The topological polar surface area (TPSA) is 122 Å². The molecule has 2 unspecified atom stereocenters. The van der Waals surface area contributed by atoms with E-state index in [0.29, 0.717) is 30.0 Å². The number of carboxylic acid groups (broad SMARTS) is 1. The number of rotatable bonds is 17. The second-order valence-electron chi connectivity index (χ2n) is 10.8. The van der Waals surface area contributed by atoms with Crippen molar-refractivity contribution in [2.45, 2.75) is 45.6 Å². The van der Waals surface area contributed by atoms with Crippen molar-refractivity contribution in [3.05, 3.63) is 84.4 Å². The Balaban J connectivity index is 1.87. The van der Waals surface area contributed by atoms with Crippen molar-refractivity contribution in [3.63, 3.8) is 0 Å². The van der Waals surface area contributed by atoms with Crippen molar-refractivity contribution >= 4 is 33.1 Å². The first-order chi connectivity index (χ1) is 20.5. The van der Waals surface area contributed by atoms with Crippen LogP contribution in [-0.2, 0) is 19.4 Å². The Bertz CT molecular complexity index is 1450. The maximum Gasteiger partial charge on any atom is 0.330 e. The van der Waals surface area contributed by atoms with Crippen molar-refractivity contribution < 1.29 is 32.6 Å². The molecule has 0 spiro atoms. The van der Waals surface area contributed by atoms with Crippen molar-refractivity contribution in [2.24, 2.45) is 5.41 Å². The van der Waals surface area contributed by atoms with Crippen LogP contribution in [0.4, 0.5) is 11.4 Å². The van der Waals surface area contributed by atoms with Gasteiger partial charge in [0.2, 0.25) is 0 Å². The first kappa shape index (κ1) is 33.5. The molecule has 0 heterocycles. The maximum absolute atomic E-state index is 12.7. The fourth-order valence-corrected chi connectivity index (χ4v) is 6.75. The largest absolute Gasteiger partial charge is 0.493 e. The third-order valence-corrected chi connectivity index (χ3v) is 8.58. The Kier molecular flexibility index (Phi) is 12.0. The summed E-state index contributed by atoms with van der Waals surface area (Å²) in [4.78, 5) is 26.5. The number of anilines is 2. The van der Waals surface area contributed by atoms with Gasteiger partial charge in [0, 0.05) is 35.7 Å². The number of para-hydroxylation sites is 1. The first-order valence-electron chi connectivity index (χ1n) is 14.4. The van der Waals surface area contributed by atoms with Crippen LogP contribution < -0.4 is 19.7 Å². The Labute approximate surface area is 254 Å². The Morgan fingerprint density at radius 2 is 1.60 bits per heavy atom. The average molecular weight is 611 g/mol. The second-order valence-corrected chi connectivity index (χ2v) is 13.0. The predicted molar refractivity (Wildman–Crippen MR) is 169 cm³/mol. The van der Waals surface area contributed by atoms with Crippen LogP contribution in [0.3, 0.4) is 0 Å². The van der Waals surface area contributed by atoms with Crippen LogP contribution >= 0.6 is 0 Å². The van der Waals surface area contributed by atoms with Crippen molar-refractivity contribution in [1.82, 2.24) is 5.32 Å². The molecule has 0 fully saturated rings. The number of benzene rings is 3. The summed E-state index contributed by atoms with van der Waals surface area (Å²) in [6.07, 6.45) is 4.63. The molecular weight excluding hydrogens is 568 g/mol. The van der Waals surface area contributed by atoms with E-state index < -0.39 is 39.8 Å². The monoisotopic (exact) mass is 610 g/mol. The molecule has 1 amide bonds. The molecule has 9 nitrogen and oxygen atoms in total. The molecule has 0 aliphatic carbocycles. The Hall–Kier alpha value is -4.05. The van der Waals surface area contributed by atoms with E-state index in [4.69, 9.17) is 9.47 Å². The normalized spacial score (nSPS) is 13.4. The van der Waals surface area contributed by atoms with Crippen LogP contribution in [0, 0.1) is 5.41 Å². The molecule has 2 atom stereocenters. The van der Waals surface area contributed by atoms with Crippen LogP contribution in [0.5, 0.6) is 11.5 Å². The van der Waals surface area contributed by atoms with Crippen LogP contribution in [0.2, 0.25) is 0 Å². The average Bonchev–Trinajstić information content (AvgIpc) is 3.00. The lowest BCUT2D eigenvalue weighted by atomic mass is 9.81. The van der Waals surface area contributed by atoms with E-state index in [9.17, 15) is 23.1 Å². The Morgan fingerprint density at radius 1 is 0.953 bits per heavy atom. The summed E-state index contributed by atoms with van der Waals surface area (Å²) in [5.41, 5.74) is 1.65. The number of ether oxygens (including phenoxy) is 2. The molecule has 3 aromatic rings. The predicted octanol–water partition coefficient (Wildman–Crippen LogP) is 5.79. The first-order valence-corrected chi connectivity index (χ1v) is 16.4. The van der Waals surface area contributed by atoms with Gasteiger partial charge in [0.25, 0.3) is 5.91 Å². The van der Waals surface area contributed by atoms with Crippen LogP contribution in [0.1, 0.15) is 51.1 Å². The number of aliphatic carboxylic acids is 1. The molecule has 3 rings (SSSR count). The number of unbranched alkanes of at least 4 members (excludes halogenated alkanes) is 1. The minimum Gasteiger partial charge on any atom is -0.493 e. The number of carbonyl (C=O) groups excluding carboxylic acids is 1. The number of nitrogens with zero attached hydrogens (tertiary/aromatic N) is 1. The third-order valence-electron chi connectivity index (χ3n) is 7.44. The molecule has 3 aromatic carbocycles. The minimum absolute atomic E-state index is 0.0770. The van der Waals surface area contributed by atoms with Gasteiger partial charge in [-0.25, -0.2) is 13.2 Å². The van der Waals surface area contributed by atoms with Gasteiger partial charge in [-0.3, -0.25) is 4.79 Å². The zero-order valence-electron chi connectivity index (χ0n) is 25.3. The number of methoxy groups -OCH3 is 1. The number of nitrogens with one attached hydrogen (secondary N) is 1. The van der Waals surface area contributed by atoms with Crippen molar-refractivity contribution in [2.75, 3.05) is 37.2 Å². The zero-order valence-corrected chi connectivity index (χ0v) is 26.1. The van der Waals surface area contributed by atoms with Crippen LogP contribution in [-0.4, -0.2) is 57.7 Å². The van der Waals surface area contributed by atoms with Crippen LogP contribution in [0.15, 0.2) is 78.9 Å². The van der Waals surface area contributed by atoms with Gasteiger partial charge in [-0.1, -0.05) is 75.2 Å². The fraction of sp³-hybridized carbons (Fsp3) is 0.394. The van der Waals surface area contributed by atoms with E-state index >= 15 is 0 Å². The molecular formula is C33H42N2O7S. The van der Waals surface area contributed by atoms with E-state index in [1.807, 2.05) is 43.3 Å². The lowest BCUT2D eigenvalue weighted by Crippen LogP contribution is -2.40.